The van der Waals surface area contributed by atoms with Crippen molar-refractivity contribution in [1.82, 2.24) is 10.2 Å². The topological polar surface area (TPSA) is 82.8 Å². The van der Waals surface area contributed by atoms with Gasteiger partial charge in [-0.15, -0.1) is 0 Å². The van der Waals surface area contributed by atoms with Crippen LogP contribution in [0.3, 0.4) is 0 Å². The van der Waals surface area contributed by atoms with Gasteiger partial charge in [0.2, 0.25) is 5.91 Å². The quantitative estimate of drug-likeness (QED) is 0.726. The van der Waals surface area contributed by atoms with Gasteiger partial charge >= 0.3 is 0 Å². The highest BCUT2D eigenvalue weighted by Gasteiger charge is 2.32. The molecule has 1 aromatic carbocycles. The number of amides is 1. The van der Waals surface area contributed by atoms with Crippen molar-refractivity contribution in [3.8, 4) is 0 Å². The number of aliphatic imine (C=N–C) groups is 1. The summed E-state index contributed by atoms with van der Waals surface area (Å²) >= 11 is 1.48. The molecule has 4 N–H and O–H groups in total. The Balaban J connectivity index is 1.65. The number of benzene rings is 1. The second-order valence-corrected chi connectivity index (χ2v) is 8.02. The lowest BCUT2D eigenvalue weighted by molar-refractivity contribution is -0.116. The zero-order chi connectivity index (χ0) is 18.6. The molecule has 8 heteroatoms. The summed E-state index contributed by atoms with van der Waals surface area (Å²) in [5.74, 6) is 0.412. The predicted molar refractivity (Wildman–Crippen MR) is 105 cm³/mol. The second-order valence-electron chi connectivity index (χ2n) is 6.91. The first-order chi connectivity index (χ1) is 12.5. The average Bonchev–Trinajstić information content (AvgIpc) is 2.62. The van der Waals surface area contributed by atoms with E-state index in [1.54, 1.807) is 12.1 Å². The number of nitrogens with two attached hydrogens (primary N) is 1. The Bertz CT molecular complexity index is 692. The summed E-state index contributed by atoms with van der Waals surface area (Å²) in [6.07, 6.45) is 1.13. The van der Waals surface area contributed by atoms with Crippen LogP contribution in [0.25, 0.3) is 0 Å². The first-order valence-electron chi connectivity index (χ1n) is 8.97. The average molecular weight is 380 g/mol. The number of halogens is 1. The molecule has 0 unspecified atom stereocenters. The minimum atomic E-state index is -0.693. The Morgan fingerprint density at radius 2 is 2.23 bits per heavy atom. The molecular weight excluding hydrogens is 353 g/mol. The molecule has 0 saturated carbocycles. The number of thioether (sulfide) groups is 1. The maximum Gasteiger partial charge on any atom is 0.225 e. The summed E-state index contributed by atoms with van der Waals surface area (Å²) in [6, 6.07) is 4.67. The van der Waals surface area contributed by atoms with Crippen molar-refractivity contribution in [1.29, 1.82) is 0 Å². The van der Waals surface area contributed by atoms with Gasteiger partial charge < -0.3 is 21.3 Å². The molecule has 0 aliphatic carbocycles. The summed E-state index contributed by atoms with van der Waals surface area (Å²) in [5, 5.41) is 6.65. The molecule has 142 valence electrons. The highest BCUT2D eigenvalue weighted by molar-refractivity contribution is 8.13. The summed E-state index contributed by atoms with van der Waals surface area (Å²) in [5.41, 5.74) is 6.22. The number of nitrogens with one attached hydrogen (secondary N) is 2. The van der Waals surface area contributed by atoms with E-state index in [1.165, 1.54) is 17.8 Å². The van der Waals surface area contributed by atoms with E-state index in [0.29, 0.717) is 29.3 Å². The van der Waals surface area contributed by atoms with E-state index in [4.69, 9.17) is 5.73 Å². The van der Waals surface area contributed by atoms with Crippen LogP contribution in [0, 0.1) is 5.82 Å². The maximum absolute atomic E-state index is 14.4. The zero-order valence-corrected chi connectivity index (χ0v) is 15.9. The lowest BCUT2D eigenvalue weighted by Gasteiger charge is -2.30. The molecule has 0 spiro atoms. The first-order valence-corrected chi connectivity index (χ1v) is 9.96. The Morgan fingerprint density at radius 3 is 2.96 bits per heavy atom. The molecule has 2 aliphatic heterocycles. The maximum atomic E-state index is 14.4. The van der Waals surface area contributed by atoms with Crippen molar-refractivity contribution in [2.75, 3.05) is 43.8 Å². The van der Waals surface area contributed by atoms with Crippen LogP contribution < -0.4 is 16.4 Å². The number of rotatable bonds is 5. The molecule has 1 amide bonds. The number of anilines is 1. The molecule has 0 aromatic heterocycles. The highest BCUT2D eigenvalue weighted by Crippen LogP contribution is 2.37. The Morgan fingerprint density at radius 1 is 1.46 bits per heavy atom. The molecule has 3 rings (SSSR count). The van der Waals surface area contributed by atoms with Gasteiger partial charge in [-0.2, -0.15) is 0 Å². The third kappa shape index (κ3) is 4.75. The number of amidine groups is 1. The van der Waals surface area contributed by atoms with Crippen molar-refractivity contribution in [3.05, 3.63) is 29.6 Å². The number of carbonyl (C=O) groups is 1. The van der Waals surface area contributed by atoms with Crippen molar-refractivity contribution < 1.29 is 9.18 Å². The third-order valence-corrected chi connectivity index (χ3v) is 5.69. The van der Waals surface area contributed by atoms with Crippen LogP contribution in [-0.2, 0) is 10.3 Å². The van der Waals surface area contributed by atoms with E-state index in [2.05, 4.69) is 20.5 Å². The summed E-state index contributed by atoms with van der Waals surface area (Å²) < 4.78 is 14.4. The first kappa shape index (κ1) is 19.1. The number of piperazine rings is 1. The molecule has 6 nitrogen and oxygen atoms in total. The summed E-state index contributed by atoms with van der Waals surface area (Å²) in [4.78, 5) is 19.0. The SMILES string of the molecule is C[C@@]1(c2cc(NC(=O)CCN3CCNCC3)ccc2F)CCSC(N)=N1. The minimum Gasteiger partial charge on any atom is -0.379 e. The molecule has 26 heavy (non-hydrogen) atoms. The van der Waals surface area contributed by atoms with Crippen LogP contribution in [-0.4, -0.2) is 54.5 Å². The lowest BCUT2D eigenvalue weighted by Crippen LogP contribution is -2.44. The summed E-state index contributed by atoms with van der Waals surface area (Å²) in [7, 11) is 0. The second kappa shape index (κ2) is 8.37. The Hall–Kier alpha value is -1.64. The van der Waals surface area contributed by atoms with Gasteiger partial charge in [-0.1, -0.05) is 11.8 Å². The molecule has 0 radical (unpaired) electrons. The Labute approximate surface area is 157 Å². The van der Waals surface area contributed by atoms with E-state index in [1.807, 2.05) is 6.92 Å². The van der Waals surface area contributed by atoms with Crippen molar-refractivity contribution in [2.24, 2.45) is 10.7 Å². The van der Waals surface area contributed by atoms with Crippen LogP contribution in [0.2, 0.25) is 0 Å². The molecule has 1 atom stereocenters. The summed E-state index contributed by atoms with van der Waals surface area (Å²) in [6.45, 7) is 6.46. The van der Waals surface area contributed by atoms with Crippen molar-refractivity contribution >= 4 is 28.5 Å². The van der Waals surface area contributed by atoms with E-state index < -0.39 is 5.54 Å². The van der Waals surface area contributed by atoms with Crippen LogP contribution in [0.15, 0.2) is 23.2 Å². The van der Waals surface area contributed by atoms with Gasteiger partial charge in [0.05, 0.1) is 5.54 Å². The molecule has 1 saturated heterocycles. The fourth-order valence-electron chi connectivity index (χ4n) is 3.31. The number of carbonyl (C=O) groups excluding carboxylic acids is 1. The van der Waals surface area contributed by atoms with Gasteiger partial charge in [0.15, 0.2) is 5.17 Å². The normalized spacial score (nSPS) is 24.2. The van der Waals surface area contributed by atoms with Crippen LogP contribution in [0.5, 0.6) is 0 Å². The van der Waals surface area contributed by atoms with Crippen LogP contribution in [0.1, 0.15) is 25.3 Å². The molecule has 2 heterocycles. The van der Waals surface area contributed by atoms with Gasteiger partial charge in [-0.25, -0.2) is 4.39 Å². The van der Waals surface area contributed by atoms with E-state index in [9.17, 15) is 9.18 Å². The Kier molecular flexibility index (Phi) is 6.16. The van der Waals surface area contributed by atoms with Crippen LogP contribution >= 0.6 is 11.8 Å². The van der Waals surface area contributed by atoms with Crippen molar-refractivity contribution in [3.63, 3.8) is 0 Å². The van der Waals surface area contributed by atoms with Gasteiger partial charge in [-0.05, 0) is 31.5 Å². The van der Waals surface area contributed by atoms with E-state index in [-0.39, 0.29) is 11.7 Å². The zero-order valence-electron chi connectivity index (χ0n) is 15.1. The standard InChI is InChI=1S/C18H26FN5OS/c1-18(5-11-26-17(20)23-18)14-12-13(2-3-15(14)19)22-16(25)4-8-24-9-6-21-7-10-24/h2-3,12,21H,4-11H2,1H3,(H2,20,23)(H,22,25)/t18-/m0/s1. The number of hydrogen-bond acceptors (Lipinski definition) is 6. The van der Waals surface area contributed by atoms with Crippen LogP contribution in [0.4, 0.5) is 10.1 Å². The van der Waals surface area contributed by atoms with Gasteiger partial charge in [-0.3, -0.25) is 9.79 Å². The molecule has 0 bridgehead atoms. The predicted octanol–water partition coefficient (Wildman–Crippen LogP) is 1.73. The van der Waals surface area contributed by atoms with E-state index >= 15 is 0 Å². The molecular formula is C18H26FN5OS. The van der Waals surface area contributed by atoms with Gasteiger partial charge in [0.1, 0.15) is 5.82 Å². The van der Waals surface area contributed by atoms with E-state index in [0.717, 1.165) is 38.5 Å². The molecule has 1 aromatic rings. The van der Waals surface area contributed by atoms with Crippen molar-refractivity contribution in [2.45, 2.75) is 25.3 Å². The number of nitrogens with zero attached hydrogens (tertiary/aromatic N) is 2. The number of hydrogen-bond donors (Lipinski definition) is 3. The highest BCUT2D eigenvalue weighted by atomic mass is 32.2. The fourth-order valence-corrected chi connectivity index (χ4v) is 4.29. The lowest BCUT2D eigenvalue weighted by atomic mass is 9.89. The third-order valence-electron chi connectivity index (χ3n) is 4.89. The largest absolute Gasteiger partial charge is 0.379 e. The minimum absolute atomic E-state index is 0.0616. The molecule has 1 fully saturated rings. The fraction of sp³-hybridized carbons (Fsp3) is 0.556. The monoisotopic (exact) mass is 379 g/mol. The molecule has 2 aliphatic rings. The van der Waals surface area contributed by atoms with Gasteiger partial charge in [0, 0.05) is 56.1 Å². The van der Waals surface area contributed by atoms with Gasteiger partial charge in [0.25, 0.3) is 0 Å². The smallest absolute Gasteiger partial charge is 0.225 e.